The highest BCUT2D eigenvalue weighted by Crippen LogP contribution is 2.23. The van der Waals surface area contributed by atoms with Crippen LogP contribution in [0.5, 0.6) is 0 Å². The number of nitrogens with one attached hydrogen (secondary N) is 1. The number of primary amides is 1. The van der Waals surface area contributed by atoms with Crippen LogP contribution in [0, 0.1) is 0 Å². The van der Waals surface area contributed by atoms with E-state index in [1.807, 2.05) is 36.4 Å². The van der Waals surface area contributed by atoms with Crippen LogP contribution in [-0.2, 0) is 4.79 Å². The number of rotatable bonds is 6. The standard InChI is InChI=1S/C25H22N4O2/c1-15(2)16-3-7-18(8-4-16)24(31)19-9-5-17(6-10-19)21-14-28-25-23(29-21)20(13-27-25)11-12-22(26)30/h3-15H,1-2H3,(H2,26,30)(H,27,28). The van der Waals surface area contributed by atoms with E-state index in [0.717, 1.165) is 11.1 Å². The lowest BCUT2D eigenvalue weighted by Gasteiger charge is -2.07. The first-order valence-electron chi connectivity index (χ1n) is 9.99. The minimum absolute atomic E-state index is 0.0205. The molecule has 0 bridgehead atoms. The summed E-state index contributed by atoms with van der Waals surface area (Å²) in [5.41, 5.74) is 11.1. The van der Waals surface area contributed by atoms with Gasteiger partial charge in [-0.3, -0.25) is 9.59 Å². The molecule has 0 unspecified atom stereocenters. The zero-order chi connectivity index (χ0) is 22.0. The molecule has 3 N–H and O–H groups in total. The van der Waals surface area contributed by atoms with Crippen molar-refractivity contribution in [1.29, 1.82) is 0 Å². The predicted octanol–water partition coefficient (Wildman–Crippen LogP) is 4.48. The normalized spacial score (nSPS) is 11.5. The van der Waals surface area contributed by atoms with Crippen molar-refractivity contribution in [3.8, 4) is 11.3 Å². The van der Waals surface area contributed by atoms with Gasteiger partial charge >= 0.3 is 0 Å². The fourth-order valence-electron chi connectivity index (χ4n) is 3.33. The van der Waals surface area contributed by atoms with Crippen molar-refractivity contribution in [2.24, 2.45) is 5.73 Å². The Balaban J connectivity index is 1.60. The van der Waals surface area contributed by atoms with Gasteiger partial charge in [0.05, 0.1) is 11.9 Å². The van der Waals surface area contributed by atoms with Gasteiger partial charge in [0.15, 0.2) is 11.4 Å². The molecule has 1 amide bonds. The molecule has 0 spiro atoms. The molecule has 2 aromatic heterocycles. The number of aromatic amines is 1. The summed E-state index contributed by atoms with van der Waals surface area (Å²) in [5, 5.41) is 0. The highest BCUT2D eigenvalue weighted by atomic mass is 16.1. The molecule has 31 heavy (non-hydrogen) atoms. The first-order chi connectivity index (χ1) is 14.9. The number of carbonyl (C=O) groups is 2. The van der Waals surface area contributed by atoms with Crippen molar-refractivity contribution in [2.45, 2.75) is 19.8 Å². The third-order valence-corrected chi connectivity index (χ3v) is 5.12. The second kappa shape index (κ2) is 8.36. The summed E-state index contributed by atoms with van der Waals surface area (Å²) in [6.45, 7) is 4.25. The van der Waals surface area contributed by atoms with Gasteiger partial charge in [-0.2, -0.15) is 0 Å². The number of carbonyl (C=O) groups excluding carboxylic acids is 2. The van der Waals surface area contributed by atoms with Gasteiger partial charge < -0.3 is 10.7 Å². The number of ketones is 1. The monoisotopic (exact) mass is 410 g/mol. The Bertz CT molecular complexity index is 1280. The van der Waals surface area contributed by atoms with Gasteiger partial charge in [-0.1, -0.05) is 62.4 Å². The topological polar surface area (TPSA) is 102 Å². The molecule has 0 aliphatic heterocycles. The van der Waals surface area contributed by atoms with Crippen LogP contribution in [0.1, 0.15) is 46.8 Å². The van der Waals surface area contributed by atoms with Crippen LogP contribution >= 0.6 is 0 Å². The van der Waals surface area contributed by atoms with E-state index in [-0.39, 0.29) is 5.78 Å². The van der Waals surface area contributed by atoms with Crippen molar-refractivity contribution in [2.75, 3.05) is 0 Å². The summed E-state index contributed by atoms with van der Waals surface area (Å²) < 4.78 is 0. The van der Waals surface area contributed by atoms with E-state index >= 15 is 0 Å². The molecule has 2 heterocycles. The molecule has 6 heteroatoms. The third-order valence-electron chi connectivity index (χ3n) is 5.12. The quantitative estimate of drug-likeness (QED) is 0.361. The van der Waals surface area contributed by atoms with Crippen molar-refractivity contribution >= 4 is 28.9 Å². The van der Waals surface area contributed by atoms with Crippen LogP contribution < -0.4 is 5.73 Å². The van der Waals surface area contributed by atoms with Crippen molar-refractivity contribution < 1.29 is 9.59 Å². The maximum Gasteiger partial charge on any atom is 0.241 e. The van der Waals surface area contributed by atoms with E-state index in [2.05, 4.69) is 28.8 Å². The van der Waals surface area contributed by atoms with E-state index in [9.17, 15) is 9.59 Å². The Hall–Kier alpha value is -4.06. The average molecular weight is 410 g/mol. The Morgan fingerprint density at radius 2 is 1.65 bits per heavy atom. The molecule has 0 aliphatic rings. The second-order valence-corrected chi connectivity index (χ2v) is 7.62. The van der Waals surface area contributed by atoms with E-state index in [4.69, 9.17) is 5.73 Å². The molecule has 0 aliphatic carbocycles. The molecular weight excluding hydrogens is 388 g/mol. The van der Waals surface area contributed by atoms with Crippen LogP contribution in [-0.4, -0.2) is 26.6 Å². The van der Waals surface area contributed by atoms with E-state index < -0.39 is 5.91 Å². The number of aromatic nitrogens is 3. The lowest BCUT2D eigenvalue weighted by Crippen LogP contribution is -2.05. The maximum absolute atomic E-state index is 12.8. The number of hydrogen-bond donors (Lipinski definition) is 2. The van der Waals surface area contributed by atoms with E-state index in [0.29, 0.717) is 33.9 Å². The molecule has 6 nitrogen and oxygen atoms in total. The lowest BCUT2D eigenvalue weighted by molar-refractivity contribution is -0.113. The van der Waals surface area contributed by atoms with Gasteiger partial charge in [0.1, 0.15) is 5.52 Å². The van der Waals surface area contributed by atoms with Crippen molar-refractivity contribution in [3.63, 3.8) is 0 Å². The largest absolute Gasteiger partial charge is 0.366 e. The summed E-state index contributed by atoms with van der Waals surface area (Å²) in [6.07, 6.45) is 6.28. The highest BCUT2D eigenvalue weighted by molar-refractivity contribution is 6.09. The van der Waals surface area contributed by atoms with E-state index in [1.54, 1.807) is 30.6 Å². The fourth-order valence-corrected chi connectivity index (χ4v) is 3.33. The second-order valence-electron chi connectivity index (χ2n) is 7.62. The number of fused-ring (bicyclic) bond motifs is 1. The predicted molar refractivity (Wildman–Crippen MR) is 122 cm³/mol. The molecule has 0 fully saturated rings. The zero-order valence-corrected chi connectivity index (χ0v) is 17.3. The van der Waals surface area contributed by atoms with Gasteiger partial charge in [-0.05, 0) is 17.6 Å². The maximum atomic E-state index is 12.8. The minimum atomic E-state index is -0.530. The first-order valence-corrected chi connectivity index (χ1v) is 9.99. The molecular formula is C25H22N4O2. The van der Waals surface area contributed by atoms with E-state index in [1.165, 1.54) is 11.6 Å². The van der Waals surface area contributed by atoms with Crippen LogP contribution in [0.3, 0.4) is 0 Å². The van der Waals surface area contributed by atoms with Gasteiger partial charge in [-0.25, -0.2) is 9.97 Å². The number of amides is 1. The van der Waals surface area contributed by atoms with Crippen molar-refractivity contribution in [3.05, 3.63) is 89.3 Å². The van der Waals surface area contributed by atoms with Gasteiger partial charge in [0, 0.05) is 34.5 Å². The lowest BCUT2D eigenvalue weighted by atomic mass is 9.97. The Morgan fingerprint density at radius 1 is 1.00 bits per heavy atom. The summed E-state index contributed by atoms with van der Waals surface area (Å²) in [5.74, 6) is -0.126. The molecule has 0 atom stereocenters. The third kappa shape index (κ3) is 4.28. The molecule has 4 rings (SSSR count). The fraction of sp³-hybridized carbons (Fsp3) is 0.120. The number of nitrogens with zero attached hydrogens (tertiary/aromatic N) is 2. The number of hydrogen-bond acceptors (Lipinski definition) is 4. The molecule has 4 aromatic rings. The highest BCUT2D eigenvalue weighted by Gasteiger charge is 2.12. The Kier molecular flexibility index (Phi) is 5.45. The van der Waals surface area contributed by atoms with Crippen LogP contribution in [0.4, 0.5) is 0 Å². The molecule has 0 saturated carbocycles. The van der Waals surface area contributed by atoms with Gasteiger partial charge in [0.25, 0.3) is 0 Å². The minimum Gasteiger partial charge on any atom is -0.366 e. The summed E-state index contributed by atoms with van der Waals surface area (Å²) in [7, 11) is 0. The smallest absolute Gasteiger partial charge is 0.241 e. The number of benzene rings is 2. The zero-order valence-electron chi connectivity index (χ0n) is 17.3. The van der Waals surface area contributed by atoms with Gasteiger partial charge in [0.2, 0.25) is 5.91 Å². The van der Waals surface area contributed by atoms with Crippen LogP contribution in [0.15, 0.2) is 67.0 Å². The molecule has 0 radical (unpaired) electrons. The number of nitrogens with two attached hydrogens (primary N) is 1. The average Bonchev–Trinajstić information content (AvgIpc) is 3.19. The first kappa shape index (κ1) is 20.2. The SMILES string of the molecule is CC(C)c1ccc(C(=O)c2ccc(-c3cnc4[nH]cc(C=CC(N)=O)c4n3)cc2)cc1. The molecule has 0 saturated heterocycles. The molecule has 2 aromatic carbocycles. The summed E-state index contributed by atoms with van der Waals surface area (Å²) in [6, 6.07) is 15.1. The van der Waals surface area contributed by atoms with Gasteiger partial charge in [-0.15, -0.1) is 0 Å². The Morgan fingerprint density at radius 3 is 2.26 bits per heavy atom. The van der Waals surface area contributed by atoms with Crippen LogP contribution in [0.25, 0.3) is 28.5 Å². The number of H-pyrrole nitrogens is 1. The Labute approximate surface area is 179 Å². The molecule has 154 valence electrons. The summed E-state index contributed by atoms with van der Waals surface area (Å²) in [4.78, 5) is 35.9. The van der Waals surface area contributed by atoms with Crippen LogP contribution in [0.2, 0.25) is 0 Å². The summed E-state index contributed by atoms with van der Waals surface area (Å²) >= 11 is 0. The van der Waals surface area contributed by atoms with Crippen molar-refractivity contribution in [1.82, 2.24) is 15.0 Å².